The molecule has 1 aliphatic rings. The number of rotatable bonds is 2. The summed E-state index contributed by atoms with van der Waals surface area (Å²) in [5.74, 6) is 1.78. The summed E-state index contributed by atoms with van der Waals surface area (Å²) in [6.07, 6.45) is 1.10. The maximum absolute atomic E-state index is 11.9. The fourth-order valence-corrected chi connectivity index (χ4v) is 3.96. The van der Waals surface area contributed by atoms with E-state index in [-0.39, 0.29) is 11.3 Å². The largest absolute Gasteiger partial charge is 0.342 e. The zero-order chi connectivity index (χ0) is 16.5. The molecule has 2 unspecified atom stereocenters. The van der Waals surface area contributed by atoms with Crippen LogP contribution in [0.3, 0.4) is 0 Å². The van der Waals surface area contributed by atoms with Crippen molar-refractivity contribution in [2.24, 2.45) is 11.3 Å². The number of carbonyl (C=O) groups excluding carboxylic acids is 1. The SMILES string of the molecule is CC(=O)N1CCC(C(C)(C)C)C(c2ccccc2C(C)C)C1. The van der Waals surface area contributed by atoms with Crippen LogP contribution in [0.15, 0.2) is 24.3 Å². The molecule has 22 heavy (non-hydrogen) atoms. The summed E-state index contributed by atoms with van der Waals surface area (Å²) in [4.78, 5) is 13.9. The average molecular weight is 301 g/mol. The lowest BCUT2D eigenvalue weighted by atomic mass is 9.66. The number of benzene rings is 1. The van der Waals surface area contributed by atoms with Crippen molar-refractivity contribution >= 4 is 5.91 Å². The van der Waals surface area contributed by atoms with Gasteiger partial charge in [0.25, 0.3) is 0 Å². The molecule has 122 valence electrons. The zero-order valence-electron chi connectivity index (χ0n) is 15.0. The molecular formula is C20H31NO. The predicted octanol–water partition coefficient (Wildman–Crippen LogP) is 4.81. The third-order valence-electron chi connectivity index (χ3n) is 5.19. The molecule has 1 heterocycles. The third kappa shape index (κ3) is 3.53. The molecule has 0 spiro atoms. The fraction of sp³-hybridized carbons (Fsp3) is 0.650. The van der Waals surface area contributed by atoms with Crippen LogP contribution in [0.1, 0.15) is 70.9 Å². The second-order valence-corrected chi connectivity index (χ2v) is 8.12. The van der Waals surface area contributed by atoms with Crippen molar-refractivity contribution in [3.63, 3.8) is 0 Å². The number of carbonyl (C=O) groups is 1. The highest BCUT2D eigenvalue weighted by molar-refractivity contribution is 5.73. The van der Waals surface area contributed by atoms with Gasteiger partial charge in [0.05, 0.1) is 0 Å². The van der Waals surface area contributed by atoms with Gasteiger partial charge < -0.3 is 4.90 Å². The average Bonchev–Trinajstić information content (AvgIpc) is 2.45. The Morgan fingerprint density at radius 2 is 1.86 bits per heavy atom. The number of likely N-dealkylation sites (tertiary alicyclic amines) is 1. The Labute approximate surface area is 135 Å². The maximum atomic E-state index is 11.9. The predicted molar refractivity (Wildman–Crippen MR) is 93.1 cm³/mol. The smallest absolute Gasteiger partial charge is 0.219 e. The minimum atomic E-state index is 0.208. The van der Waals surface area contributed by atoms with Gasteiger partial charge >= 0.3 is 0 Å². The second kappa shape index (κ2) is 6.44. The molecule has 2 atom stereocenters. The standard InChI is InChI=1S/C20H31NO/c1-14(2)16-9-7-8-10-17(16)18-13-21(15(3)22)12-11-19(18)20(4,5)6/h7-10,14,18-19H,11-13H2,1-6H3. The van der Waals surface area contributed by atoms with Gasteiger partial charge in [-0.2, -0.15) is 0 Å². The van der Waals surface area contributed by atoms with Gasteiger partial charge in [-0.15, -0.1) is 0 Å². The summed E-state index contributed by atoms with van der Waals surface area (Å²) in [7, 11) is 0. The van der Waals surface area contributed by atoms with Crippen molar-refractivity contribution in [1.82, 2.24) is 4.90 Å². The first kappa shape index (κ1) is 17.1. The molecule has 0 radical (unpaired) electrons. The Bertz CT molecular complexity index is 527. The van der Waals surface area contributed by atoms with Crippen molar-refractivity contribution in [2.45, 2.75) is 59.8 Å². The zero-order valence-corrected chi connectivity index (χ0v) is 15.0. The van der Waals surface area contributed by atoms with Gasteiger partial charge in [-0.05, 0) is 34.8 Å². The van der Waals surface area contributed by atoms with Crippen LogP contribution in [0.25, 0.3) is 0 Å². The highest BCUT2D eigenvalue weighted by Crippen LogP contribution is 2.44. The Balaban J connectivity index is 2.43. The molecule has 0 bridgehead atoms. The molecule has 0 N–H and O–H groups in total. The quantitative estimate of drug-likeness (QED) is 0.767. The van der Waals surface area contributed by atoms with Crippen LogP contribution >= 0.6 is 0 Å². The topological polar surface area (TPSA) is 20.3 Å². The van der Waals surface area contributed by atoms with E-state index in [4.69, 9.17) is 0 Å². The normalized spacial score (nSPS) is 23.0. The minimum Gasteiger partial charge on any atom is -0.342 e. The van der Waals surface area contributed by atoms with Crippen LogP contribution < -0.4 is 0 Å². The van der Waals surface area contributed by atoms with Gasteiger partial charge in [0.2, 0.25) is 5.91 Å². The summed E-state index contributed by atoms with van der Waals surface area (Å²) in [6, 6.07) is 8.82. The van der Waals surface area contributed by atoms with E-state index in [9.17, 15) is 4.79 Å². The van der Waals surface area contributed by atoms with Gasteiger partial charge in [-0.1, -0.05) is 58.9 Å². The second-order valence-electron chi connectivity index (χ2n) is 8.12. The van der Waals surface area contributed by atoms with E-state index in [1.165, 1.54) is 11.1 Å². The highest BCUT2D eigenvalue weighted by Gasteiger charge is 2.38. The van der Waals surface area contributed by atoms with Gasteiger partial charge in [0, 0.05) is 25.9 Å². The molecule has 2 rings (SSSR count). The van der Waals surface area contributed by atoms with Gasteiger partial charge in [0.15, 0.2) is 0 Å². The Morgan fingerprint density at radius 1 is 1.23 bits per heavy atom. The molecular weight excluding hydrogens is 270 g/mol. The highest BCUT2D eigenvalue weighted by atomic mass is 16.2. The van der Waals surface area contributed by atoms with Crippen molar-refractivity contribution in [3.8, 4) is 0 Å². The van der Waals surface area contributed by atoms with Crippen LogP contribution in [-0.2, 0) is 4.79 Å². The Hall–Kier alpha value is -1.31. The lowest BCUT2D eigenvalue weighted by Gasteiger charge is -2.45. The lowest BCUT2D eigenvalue weighted by Crippen LogP contribution is -2.45. The third-order valence-corrected chi connectivity index (χ3v) is 5.19. The van der Waals surface area contributed by atoms with Crippen LogP contribution in [-0.4, -0.2) is 23.9 Å². The first-order valence-corrected chi connectivity index (χ1v) is 8.56. The summed E-state index contributed by atoms with van der Waals surface area (Å²) < 4.78 is 0. The van der Waals surface area contributed by atoms with E-state index in [0.717, 1.165) is 19.5 Å². The summed E-state index contributed by atoms with van der Waals surface area (Å²) in [5, 5.41) is 0. The first-order chi connectivity index (χ1) is 10.2. The van der Waals surface area contributed by atoms with Crippen LogP contribution in [0.5, 0.6) is 0 Å². The number of nitrogens with zero attached hydrogens (tertiary/aromatic N) is 1. The molecule has 1 aromatic rings. The van der Waals surface area contributed by atoms with Crippen LogP contribution in [0, 0.1) is 11.3 Å². The Morgan fingerprint density at radius 3 is 2.41 bits per heavy atom. The number of piperidine rings is 1. The fourth-order valence-electron chi connectivity index (χ4n) is 3.96. The molecule has 0 saturated carbocycles. The van der Waals surface area contributed by atoms with Crippen LogP contribution in [0.2, 0.25) is 0 Å². The molecule has 1 aliphatic heterocycles. The molecule has 1 amide bonds. The monoisotopic (exact) mass is 301 g/mol. The van der Waals surface area contributed by atoms with Crippen molar-refractivity contribution < 1.29 is 4.79 Å². The molecule has 0 aliphatic carbocycles. The Kier molecular flexibility index (Phi) is 4.99. The summed E-state index contributed by atoms with van der Waals surface area (Å²) in [6.45, 7) is 15.0. The van der Waals surface area contributed by atoms with E-state index >= 15 is 0 Å². The number of hydrogen-bond donors (Lipinski definition) is 0. The summed E-state index contributed by atoms with van der Waals surface area (Å²) in [5.41, 5.74) is 3.15. The molecule has 1 saturated heterocycles. The first-order valence-electron chi connectivity index (χ1n) is 8.56. The number of amides is 1. The molecule has 1 aromatic carbocycles. The molecule has 1 fully saturated rings. The van der Waals surface area contributed by atoms with E-state index < -0.39 is 0 Å². The number of hydrogen-bond acceptors (Lipinski definition) is 1. The van der Waals surface area contributed by atoms with E-state index in [0.29, 0.717) is 17.8 Å². The lowest BCUT2D eigenvalue weighted by molar-refractivity contribution is -0.131. The molecule has 2 heteroatoms. The van der Waals surface area contributed by atoms with E-state index in [1.807, 2.05) is 4.90 Å². The van der Waals surface area contributed by atoms with Crippen molar-refractivity contribution in [2.75, 3.05) is 13.1 Å². The van der Waals surface area contributed by atoms with E-state index in [2.05, 4.69) is 58.9 Å². The van der Waals surface area contributed by atoms with E-state index in [1.54, 1.807) is 6.92 Å². The van der Waals surface area contributed by atoms with Gasteiger partial charge in [-0.25, -0.2) is 0 Å². The summed E-state index contributed by atoms with van der Waals surface area (Å²) >= 11 is 0. The molecule has 2 nitrogen and oxygen atoms in total. The van der Waals surface area contributed by atoms with Gasteiger partial charge in [-0.3, -0.25) is 4.79 Å². The molecule has 0 aromatic heterocycles. The van der Waals surface area contributed by atoms with Crippen molar-refractivity contribution in [3.05, 3.63) is 35.4 Å². The van der Waals surface area contributed by atoms with Gasteiger partial charge in [0.1, 0.15) is 0 Å². The maximum Gasteiger partial charge on any atom is 0.219 e. The van der Waals surface area contributed by atoms with Crippen molar-refractivity contribution in [1.29, 1.82) is 0 Å². The minimum absolute atomic E-state index is 0.208. The van der Waals surface area contributed by atoms with Crippen LogP contribution in [0.4, 0.5) is 0 Å².